The highest BCUT2D eigenvalue weighted by Gasteiger charge is 2.12. The Morgan fingerprint density at radius 3 is 2.37 bits per heavy atom. The van der Waals surface area contributed by atoms with Gasteiger partial charge >= 0.3 is 0 Å². The van der Waals surface area contributed by atoms with Crippen molar-refractivity contribution in [3.8, 4) is 0 Å². The van der Waals surface area contributed by atoms with Crippen molar-refractivity contribution in [1.29, 1.82) is 0 Å². The average molecular weight is 363 g/mol. The van der Waals surface area contributed by atoms with E-state index in [9.17, 15) is 9.59 Å². The molecule has 2 aromatic heterocycles. The van der Waals surface area contributed by atoms with Crippen LogP contribution < -0.4 is 10.6 Å². The summed E-state index contributed by atoms with van der Waals surface area (Å²) in [6.07, 6.45) is 4.40. The number of anilines is 1. The number of nitrogens with zero attached hydrogens (tertiary/aromatic N) is 1. The fraction of sp³-hybridized carbons (Fsp3) is 0.190. The maximum Gasteiger partial charge on any atom is 0.257 e. The number of furan rings is 1. The molecule has 0 bridgehead atoms. The van der Waals surface area contributed by atoms with Gasteiger partial charge in [0.1, 0.15) is 5.76 Å². The molecule has 0 saturated heterocycles. The first-order valence-corrected chi connectivity index (χ1v) is 8.70. The van der Waals surface area contributed by atoms with Gasteiger partial charge in [-0.2, -0.15) is 0 Å². The number of carbonyl (C=O) groups excluding carboxylic acids is 2. The Morgan fingerprint density at radius 1 is 1.04 bits per heavy atom. The molecule has 0 radical (unpaired) electrons. The minimum atomic E-state index is -0.324. The number of carbonyl (C=O) groups is 2. The van der Waals surface area contributed by atoms with Crippen LogP contribution in [-0.2, 0) is 6.54 Å². The first-order chi connectivity index (χ1) is 13.0. The number of aromatic nitrogens is 1. The molecule has 0 fully saturated rings. The van der Waals surface area contributed by atoms with Crippen LogP contribution >= 0.6 is 0 Å². The maximum absolute atomic E-state index is 12.5. The molecule has 0 saturated carbocycles. The van der Waals surface area contributed by atoms with Crippen molar-refractivity contribution in [3.63, 3.8) is 0 Å². The smallest absolute Gasteiger partial charge is 0.257 e. The molecule has 2 N–H and O–H groups in total. The lowest BCUT2D eigenvalue weighted by atomic mass is 10.0. The monoisotopic (exact) mass is 363 g/mol. The van der Waals surface area contributed by atoms with E-state index < -0.39 is 0 Å². The van der Waals surface area contributed by atoms with Gasteiger partial charge in [-0.15, -0.1) is 0 Å². The molecular weight excluding hydrogens is 342 g/mol. The van der Waals surface area contributed by atoms with Crippen LogP contribution in [0.15, 0.2) is 65.5 Å². The second-order valence-electron chi connectivity index (χ2n) is 6.46. The van der Waals surface area contributed by atoms with Crippen molar-refractivity contribution < 1.29 is 14.0 Å². The molecule has 6 nitrogen and oxygen atoms in total. The Labute approximate surface area is 157 Å². The van der Waals surface area contributed by atoms with Crippen LogP contribution in [0.4, 0.5) is 5.69 Å². The summed E-state index contributed by atoms with van der Waals surface area (Å²) in [6.45, 7) is 4.49. The van der Waals surface area contributed by atoms with Crippen molar-refractivity contribution in [2.45, 2.75) is 26.3 Å². The van der Waals surface area contributed by atoms with Crippen molar-refractivity contribution >= 4 is 17.5 Å². The summed E-state index contributed by atoms with van der Waals surface area (Å²) in [5, 5.41) is 5.55. The molecule has 3 aromatic rings. The Bertz CT molecular complexity index is 916. The van der Waals surface area contributed by atoms with Gasteiger partial charge in [0, 0.05) is 18.1 Å². The third kappa shape index (κ3) is 4.82. The van der Waals surface area contributed by atoms with Gasteiger partial charge in [0.2, 0.25) is 0 Å². The second kappa shape index (κ2) is 8.31. The highest BCUT2D eigenvalue weighted by atomic mass is 16.3. The normalized spacial score (nSPS) is 10.6. The lowest BCUT2D eigenvalue weighted by molar-refractivity contribution is 0.0947. The molecule has 3 rings (SSSR count). The predicted octanol–water partition coefficient (Wildman–Crippen LogP) is 3.98. The summed E-state index contributed by atoms with van der Waals surface area (Å²) in [6, 6.07) is 12.7. The molecule has 0 aliphatic rings. The lowest BCUT2D eigenvalue weighted by Crippen LogP contribution is -2.23. The van der Waals surface area contributed by atoms with E-state index in [0.717, 1.165) is 0 Å². The Hall–Kier alpha value is -3.41. The third-order valence-electron chi connectivity index (χ3n) is 4.10. The van der Waals surface area contributed by atoms with Crippen LogP contribution in [0.3, 0.4) is 0 Å². The van der Waals surface area contributed by atoms with E-state index >= 15 is 0 Å². The molecule has 0 unspecified atom stereocenters. The fourth-order valence-electron chi connectivity index (χ4n) is 2.53. The molecule has 0 spiro atoms. The van der Waals surface area contributed by atoms with E-state index in [2.05, 4.69) is 29.5 Å². The lowest BCUT2D eigenvalue weighted by Gasteiger charge is -2.09. The van der Waals surface area contributed by atoms with Crippen LogP contribution in [0.5, 0.6) is 0 Å². The first kappa shape index (κ1) is 18.4. The minimum Gasteiger partial charge on any atom is -0.467 e. The second-order valence-corrected chi connectivity index (χ2v) is 6.46. The standard InChI is InChI=1S/C21H21N3O3/c1-14(2)15-5-7-18(8-6-15)24-21(26)17-10-16(11-22-12-17)20(25)23-13-19-4-3-9-27-19/h3-12,14H,13H2,1-2H3,(H,23,25)(H,24,26). The van der Waals surface area contributed by atoms with Gasteiger partial charge in [-0.3, -0.25) is 14.6 Å². The number of hydrogen-bond donors (Lipinski definition) is 2. The van der Waals surface area contributed by atoms with Crippen molar-refractivity contribution in [1.82, 2.24) is 10.3 Å². The Morgan fingerprint density at radius 2 is 1.74 bits per heavy atom. The van der Waals surface area contributed by atoms with E-state index in [1.165, 1.54) is 24.0 Å². The quantitative estimate of drug-likeness (QED) is 0.694. The van der Waals surface area contributed by atoms with Gasteiger partial charge in [0.15, 0.2) is 0 Å². The fourth-order valence-corrected chi connectivity index (χ4v) is 2.53. The van der Waals surface area contributed by atoms with Gasteiger partial charge < -0.3 is 15.1 Å². The zero-order chi connectivity index (χ0) is 19.2. The van der Waals surface area contributed by atoms with Gasteiger partial charge in [-0.1, -0.05) is 26.0 Å². The molecule has 27 heavy (non-hydrogen) atoms. The number of amides is 2. The molecule has 0 aliphatic heterocycles. The molecule has 2 heterocycles. The van der Waals surface area contributed by atoms with E-state index in [4.69, 9.17) is 4.42 Å². The van der Waals surface area contributed by atoms with E-state index in [-0.39, 0.29) is 18.4 Å². The molecule has 2 amide bonds. The summed E-state index contributed by atoms with van der Waals surface area (Å²) in [4.78, 5) is 28.7. The van der Waals surface area contributed by atoms with Crippen molar-refractivity contribution in [2.75, 3.05) is 5.32 Å². The van der Waals surface area contributed by atoms with Gasteiger partial charge in [-0.05, 0) is 41.8 Å². The summed E-state index contributed by atoms with van der Waals surface area (Å²) in [5.74, 6) is 0.431. The Balaban J connectivity index is 1.65. The van der Waals surface area contributed by atoms with E-state index in [1.54, 1.807) is 18.4 Å². The van der Waals surface area contributed by atoms with Crippen LogP contribution in [-0.4, -0.2) is 16.8 Å². The molecule has 6 heteroatoms. The zero-order valence-electron chi connectivity index (χ0n) is 15.2. The molecular formula is C21H21N3O3. The number of nitrogens with one attached hydrogen (secondary N) is 2. The largest absolute Gasteiger partial charge is 0.467 e. The average Bonchev–Trinajstić information content (AvgIpc) is 3.20. The van der Waals surface area contributed by atoms with Gasteiger partial charge in [-0.25, -0.2) is 0 Å². The third-order valence-corrected chi connectivity index (χ3v) is 4.10. The summed E-state index contributed by atoms with van der Waals surface area (Å²) >= 11 is 0. The topological polar surface area (TPSA) is 84.2 Å². The summed E-state index contributed by atoms with van der Waals surface area (Å²) in [7, 11) is 0. The number of hydrogen-bond acceptors (Lipinski definition) is 4. The van der Waals surface area contributed by atoms with Gasteiger partial charge in [0.25, 0.3) is 11.8 Å². The highest BCUT2D eigenvalue weighted by molar-refractivity contribution is 6.05. The predicted molar refractivity (Wildman–Crippen MR) is 103 cm³/mol. The summed E-state index contributed by atoms with van der Waals surface area (Å²) < 4.78 is 5.18. The Kier molecular flexibility index (Phi) is 5.66. The SMILES string of the molecule is CC(C)c1ccc(NC(=O)c2cncc(C(=O)NCc3ccco3)c2)cc1. The molecule has 0 atom stereocenters. The highest BCUT2D eigenvalue weighted by Crippen LogP contribution is 2.17. The number of benzene rings is 1. The van der Waals surface area contributed by atoms with Crippen molar-refractivity contribution in [2.24, 2.45) is 0 Å². The van der Waals surface area contributed by atoms with Crippen LogP contribution in [0.2, 0.25) is 0 Å². The molecule has 1 aromatic carbocycles. The summed E-state index contributed by atoms with van der Waals surface area (Å²) in [5.41, 5.74) is 2.51. The van der Waals surface area contributed by atoms with Crippen LogP contribution in [0.25, 0.3) is 0 Å². The van der Waals surface area contributed by atoms with E-state index in [1.807, 2.05) is 24.3 Å². The maximum atomic E-state index is 12.5. The van der Waals surface area contributed by atoms with E-state index in [0.29, 0.717) is 28.5 Å². The van der Waals surface area contributed by atoms with Gasteiger partial charge in [0.05, 0.1) is 23.9 Å². The van der Waals surface area contributed by atoms with Crippen LogP contribution in [0, 0.1) is 0 Å². The zero-order valence-corrected chi connectivity index (χ0v) is 15.2. The molecule has 138 valence electrons. The van der Waals surface area contributed by atoms with Crippen molar-refractivity contribution in [3.05, 3.63) is 83.6 Å². The number of pyridine rings is 1. The minimum absolute atomic E-state index is 0.268. The molecule has 0 aliphatic carbocycles. The van der Waals surface area contributed by atoms with Crippen LogP contribution in [0.1, 0.15) is 51.8 Å². The number of rotatable bonds is 6. The first-order valence-electron chi connectivity index (χ1n) is 8.70.